The molecule has 7 nitrogen and oxygen atoms in total. The zero-order valence-corrected chi connectivity index (χ0v) is 15.6. The monoisotopic (exact) mass is 383 g/mol. The summed E-state index contributed by atoms with van der Waals surface area (Å²) in [7, 11) is 0. The van der Waals surface area contributed by atoms with Crippen molar-refractivity contribution in [3.8, 4) is 0 Å². The average Bonchev–Trinajstić information content (AvgIpc) is 2.75. The summed E-state index contributed by atoms with van der Waals surface area (Å²) in [4.78, 5) is 38.3. The molecule has 0 aromatic carbocycles. The van der Waals surface area contributed by atoms with Crippen molar-refractivity contribution < 1.29 is 28.6 Å². The molecule has 26 heavy (non-hydrogen) atoms. The predicted octanol–water partition coefficient (Wildman–Crippen LogP) is 0.996. The first kappa shape index (κ1) is 18.1. The van der Waals surface area contributed by atoms with E-state index in [1.807, 2.05) is 16.7 Å². The first-order chi connectivity index (χ1) is 12.5. The summed E-state index contributed by atoms with van der Waals surface area (Å²) < 4.78 is 16.4. The van der Waals surface area contributed by atoms with Gasteiger partial charge in [0.25, 0.3) is 0 Å². The largest absolute Gasteiger partial charge is 0.462 e. The van der Waals surface area contributed by atoms with Crippen LogP contribution in [0.5, 0.6) is 0 Å². The molecule has 5 aliphatic rings. The lowest BCUT2D eigenvalue weighted by Crippen LogP contribution is -2.48. The van der Waals surface area contributed by atoms with Crippen LogP contribution in [0.2, 0.25) is 0 Å². The average molecular weight is 383 g/mol. The number of fused-ring (bicyclic) bond motifs is 1. The van der Waals surface area contributed by atoms with Crippen LogP contribution in [0.1, 0.15) is 32.1 Å². The van der Waals surface area contributed by atoms with E-state index in [0.717, 1.165) is 43.9 Å². The second-order valence-electron chi connectivity index (χ2n) is 7.91. The Bertz CT molecular complexity index is 592. The maximum Gasteiger partial charge on any atom is 0.344 e. The highest BCUT2D eigenvalue weighted by Gasteiger charge is 2.54. The second kappa shape index (κ2) is 7.38. The van der Waals surface area contributed by atoms with Crippen LogP contribution in [0, 0.1) is 11.8 Å². The van der Waals surface area contributed by atoms with Crippen LogP contribution in [-0.4, -0.2) is 72.3 Å². The van der Waals surface area contributed by atoms with Crippen molar-refractivity contribution in [3.05, 3.63) is 0 Å². The number of carbonyl (C=O) groups is 3. The molecule has 0 aromatic rings. The highest BCUT2D eigenvalue weighted by molar-refractivity contribution is 7.99. The van der Waals surface area contributed by atoms with Crippen molar-refractivity contribution in [2.24, 2.45) is 11.8 Å². The van der Waals surface area contributed by atoms with Gasteiger partial charge in [-0.15, -0.1) is 0 Å². The molecule has 3 heterocycles. The van der Waals surface area contributed by atoms with Crippen LogP contribution in [0.4, 0.5) is 0 Å². The van der Waals surface area contributed by atoms with Gasteiger partial charge in [0.1, 0.15) is 11.7 Å². The molecular weight excluding hydrogens is 358 g/mol. The molecule has 144 valence electrons. The third-order valence-corrected chi connectivity index (χ3v) is 6.79. The Hall–Kier alpha value is -1.28. The molecule has 4 atom stereocenters. The van der Waals surface area contributed by atoms with Crippen molar-refractivity contribution >= 4 is 29.7 Å². The van der Waals surface area contributed by atoms with Crippen LogP contribution in [0.3, 0.4) is 0 Å². The van der Waals surface area contributed by atoms with Gasteiger partial charge >= 0.3 is 17.9 Å². The van der Waals surface area contributed by atoms with E-state index < -0.39 is 17.5 Å². The zero-order valence-electron chi connectivity index (χ0n) is 14.8. The van der Waals surface area contributed by atoms with Crippen molar-refractivity contribution in [2.45, 2.75) is 43.8 Å². The van der Waals surface area contributed by atoms with E-state index in [1.165, 1.54) is 0 Å². The fourth-order valence-electron chi connectivity index (χ4n) is 4.90. The van der Waals surface area contributed by atoms with Gasteiger partial charge in [-0.3, -0.25) is 14.5 Å². The Balaban J connectivity index is 1.28. The van der Waals surface area contributed by atoms with Gasteiger partial charge in [-0.25, -0.2) is 4.79 Å². The van der Waals surface area contributed by atoms with E-state index in [0.29, 0.717) is 18.8 Å². The fraction of sp³-hybridized carbons (Fsp3) is 0.833. The van der Waals surface area contributed by atoms with Gasteiger partial charge in [0.05, 0.1) is 12.5 Å². The number of thioether (sulfide) groups is 1. The van der Waals surface area contributed by atoms with Crippen LogP contribution in [-0.2, 0) is 28.6 Å². The number of carbonyl (C=O) groups excluding carboxylic acids is 3. The zero-order chi connectivity index (χ0) is 18.1. The second-order valence-corrected chi connectivity index (χ2v) is 9.14. The van der Waals surface area contributed by atoms with Gasteiger partial charge in [-0.05, 0) is 25.2 Å². The lowest BCUT2D eigenvalue weighted by molar-refractivity contribution is -0.181. The fourth-order valence-corrected chi connectivity index (χ4v) is 5.88. The van der Waals surface area contributed by atoms with Crippen molar-refractivity contribution in [2.75, 3.05) is 37.7 Å². The van der Waals surface area contributed by atoms with Crippen molar-refractivity contribution in [1.82, 2.24) is 4.90 Å². The molecule has 3 saturated heterocycles. The number of ether oxygens (including phenoxy) is 3. The van der Waals surface area contributed by atoms with E-state index >= 15 is 0 Å². The SMILES string of the molecule is O=C(CN1CCSCC1)OCC(=O)OC12CC3CC(C1)OC(=O)C(C3)C2. The van der Waals surface area contributed by atoms with E-state index in [-0.39, 0.29) is 31.1 Å². The molecule has 5 fully saturated rings. The Kier molecular flexibility index (Phi) is 5.14. The molecular formula is C18H25NO6S. The van der Waals surface area contributed by atoms with Gasteiger partial charge in [-0.1, -0.05) is 0 Å². The summed E-state index contributed by atoms with van der Waals surface area (Å²) in [5, 5.41) is 0. The molecule has 0 N–H and O–H groups in total. The Morgan fingerprint density at radius 1 is 1.15 bits per heavy atom. The minimum Gasteiger partial charge on any atom is -0.462 e. The number of esters is 3. The molecule has 2 saturated carbocycles. The number of nitrogens with zero attached hydrogens (tertiary/aromatic N) is 1. The quantitative estimate of drug-likeness (QED) is 0.514. The van der Waals surface area contributed by atoms with Crippen LogP contribution >= 0.6 is 11.8 Å². The highest BCUT2D eigenvalue weighted by atomic mass is 32.2. The Labute approximate surface area is 157 Å². The number of hydrogen-bond acceptors (Lipinski definition) is 8. The topological polar surface area (TPSA) is 82.1 Å². The number of rotatable bonds is 5. The van der Waals surface area contributed by atoms with Crippen LogP contribution in [0.15, 0.2) is 0 Å². The van der Waals surface area contributed by atoms with Crippen LogP contribution < -0.4 is 0 Å². The molecule has 0 radical (unpaired) electrons. The number of hydrogen-bond donors (Lipinski definition) is 0. The Morgan fingerprint density at radius 3 is 2.77 bits per heavy atom. The predicted molar refractivity (Wildman–Crippen MR) is 93.5 cm³/mol. The molecule has 4 unspecified atom stereocenters. The Morgan fingerprint density at radius 2 is 1.96 bits per heavy atom. The summed E-state index contributed by atoms with van der Waals surface area (Å²) in [6.07, 6.45) is 3.42. The first-order valence-corrected chi connectivity index (χ1v) is 10.5. The van der Waals surface area contributed by atoms with E-state index in [1.54, 1.807) is 0 Å². The summed E-state index contributed by atoms with van der Waals surface area (Å²) in [5.74, 6) is 1.16. The first-order valence-electron chi connectivity index (χ1n) is 9.39. The summed E-state index contributed by atoms with van der Waals surface area (Å²) in [6, 6.07) is 0. The summed E-state index contributed by atoms with van der Waals surface area (Å²) in [6.45, 7) is 1.59. The molecule has 5 rings (SSSR count). The van der Waals surface area contributed by atoms with Gasteiger partial charge in [0.15, 0.2) is 6.61 Å². The molecule has 4 bridgehead atoms. The maximum absolute atomic E-state index is 12.3. The van der Waals surface area contributed by atoms with Gasteiger partial charge in [0.2, 0.25) is 0 Å². The van der Waals surface area contributed by atoms with E-state index in [4.69, 9.17) is 14.2 Å². The van der Waals surface area contributed by atoms with Gasteiger partial charge < -0.3 is 14.2 Å². The lowest BCUT2D eigenvalue weighted by atomic mass is 9.65. The smallest absolute Gasteiger partial charge is 0.344 e. The molecule has 0 spiro atoms. The third kappa shape index (κ3) is 4.01. The standard InChI is InChI=1S/C18H25NO6S/c20-15(10-19-1-3-26-4-2-19)23-11-16(21)25-18-7-12-5-13(8-18)17(22)24-14(6-12)9-18/h12-14H,1-11H2. The van der Waals surface area contributed by atoms with E-state index in [2.05, 4.69) is 0 Å². The van der Waals surface area contributed by atoms with Crippen LogP contribution in [0.25, 0.3) is 0 Å². The van der Waals surface area contributed by atoms with Gasteiger partial charge in [-0.2, -0.15) is 11.8 Å². The van der Waals surface area contributed by atoms with Gasteiger partial charge in [0, 0.05) is 37.4 Å². The normalized spacial score (nSPS) is 36.3. The summed E-state index contributed by atoms with van der Waals surface area (Å²) in [5.41, 5.74) is -0.629. The molecule has 8 heteroatoms. The molecule has 0 aromatic heterocycles. The minimum atomic E-state index is -0.629. The minimum absolute atomic E-state index is 0.152. The maximum atomic E-state index is 12.3. The van der Waals surface area contributed by atoms with Crippen molar-refractivity contribution in [1.29, 1.82) is 0 Å². The van der Waals surface area contributed by atoms with E-state index in [9.17, 15) is 14.4 Å². The molecule has 0 amide bonds. The third-order valence-electron chi connectivity index (χ3n) is 5.85. The van der Waals surface area contributed by atoms with Crippen molar-refractivity contribution in [3.63, 3.8) is 0 Å². The molecule has 2 aliphatic carbocycles. The molecule has 3 aliphatic heterocycles. The summed E-state index contributed by atoms with van der Waals surface area (Å²) >= 11 is 1.87. The highest BCUT2D eigenvalue weighted by Crippen LogP contribution is 2.51. The lowest BCUT2D eigenvalue weighted by Gasteiger charge is -2.45.